The highest BCUT2D eigenvalue weighted by molar-refractivity contribution is 9.25. The van der Waals surface area contributed by atoms with Crippen LogP contribution in [0.3, 0.4) is 0 Å². The number of Topliss-reactive ketones (excluding diaryl/α,β-unsaturated/α-hetero) is 1. The molecule has 1 rings (SSSR count). The second-order valence-electron chi connectivity index (χ2n) is 2.26. The lowest BCUT2D eigenvalue weighted by Crippen LogP contribution is -2.10. The fourth-order valence-corrected chi connectivity index (χ4v) is 1.84. The van der Waals surface area contributed by atoms with Gasteiger partial charge in [0.15, 0.2) is 5.78 Å². The molecule has 5 heteroatoms. The summed E-state index contributed by atoms with van der Waals surface area (Å²) in [5, 5.41) is 0. The van der Waals surface area contributed by atoms with Crippen LogP contribution in [-0.4, -0.2) is 9.52 Å². The van der Waals surface area contributed by atoms with Gasteiger partial charge in [-0.05, 0) is 28.1 Å². The van der Waals surface area contributed by atoms with Crippen LogP contribution in [0, 0.1) is 5.82 Å². The lowest BCUT2D eigenvalue weighted by Gasteiger charge is -2.04. The number of carbonyl (C=O) groups excluding carboxylic acids is 1. The molecule has 0 heterocycles. The summed E-state index contributed by atoms with van der Waals surface area (Å²) in [5.41, 5.74) is 0.0567. The Labute approximate surface area is 100 Å². The van der Waals surface area contributed by atoms with Crippen molar-refractivity contribution in [2.45, 2.75) is 3.74 Å². The van der Waals surface area contributed by atoms with E-state index in [0.717, 1.165) is 0 Å². The number of hydrogen-bond acceptors (Lipinski definition) is 1. The van der Waals surface area contributed by atoms with E-state index in [0.29, 0.717) is 4.47 Å². The normalized spacial score (nSPS) is 10.5. The molecule has 0 fully saturated rings. The minimum atomic E-state index is -0.562. The lowest BCUT2D eigenvalue weighted by atomic mass is 10.1. The van der Waals surface area contributed by atoms with Crippen molar-refractivity contribution in [2.24, 2.45) is 0 Å². The van der Waals surface area contributed by atoms with Gasteiger partial charge in [0, 0.05) is 4.47 Å². The quantitative estimate of drug-likeness (QED) is 0.567. The Morgan fingerprint density at radius 3 is 2.46 bits per heavy atom. The molecule has 0 atom stereocenters. The van der Waals surface area contributed by atoms with Gasteiger partial charge >= 0.3 is 0 Å². The van der Waals surface area contributed by atoms with Gasteiger partial charge in [-0.2, -0.15) is 0 Å². The molecule has 0 bridgehead atoms. The van der Waals surface area contributed by atoms with Crippen molar-refractivity contribution in [1.82, 2.24) is 0 Å². The van der Waals surface area contributed by atoms with Gasteiger partial charge in [0.05, 0.1) is 5.56 Å². The van der Waals surface area contributed by atoms with Crippen LogP contribution >= 0.6 is 47.8 Å². The highest BCUT2D eigenvalue weighted by Crippen LogP contribution is 2.24. The van der Waals surface area contributed by atoms with E-state index in [1.807, 2.05) is 0 Å². The summed E-state index contributed by atoms with van der Waals surface area (Å²) in [5.74, 6) is -0.867. The molecule has 0 N–H and O–H groups in total. The third-order valence-electron chi connectivity index (χ3n) is 1.41. The van der Waals surface area contributed by atoms with Crippen LogP contribution < -0.4 is 0 Å². The molecule has 1 nitrogen and oxygen atoms in total. The van der Waals surface area contributed by atoms with Gasteiger partial charge < -0.3 is 0 Å². The molecule has 0 radical (unpaired) electrons. The van der Waals surface area contributed by atoms with Crippen molar-refractivity contribution in [3.63, 3.8) is 0 Å². The first-order valence-electron chi connectivity index (χ1n) is 3.30. The van der Waals surface area contributed by atoms with Crippen molar-refractivity contribution < 1.29 is 9.18 Å². The van der Waals surface area contributed by atoms with Crippen molar-refractivity contribution in [3.05, 3.63) is 34.1 Å². The van der Waals surface area contributed by atoms with E-state index in [1.54, 1.807) is 6.07 Å². The molecule has 0 aliphatic heterocycles. The topological polar surface area (TPSA) is 17.1 Å². The molecule has 0 unspecified atom stereocenters. The minimum absolute atomic E-state index is 0.0567. The fraction of sp³-hybridized carbons (Fsp3) is 0.125. The van der Waals surface area contributed by atoms with Crippen LogP contribution in [0.4, 0.5) is 4.39 Å². The molecule has 0 saturated carbocycles. The van der Waals surface area contributed by atoms with Crippen molar-refractivity contribution in [3.8, 4) is 0 Å². The first-order chi connectivity index (χ1) is 6.04. The van der Waals surface area contributed by atoms with Crippen LogP contribution in [0.1, 0.15) is 10.4 Å². The fourth-order valence-electron chi connectivity index (χ4n) is 0.842. The summed E-state index contributed by atoms with van der Waals surface area (Å²) in [6.45, 7) is 0. The number of halogens is 4. The molecule has 0 aromatic heterocycles. The van der Waals surface area contributed by atoms with Gasteiger partial charge in [-0.1, -0.05) is 37.9 Å². The zero-order valence-corrected chi connectivity index (χ0v) is 11.0. The smallest absolute Gasteiger partial charge is 0.191 e. The maximum Gasteiger partial charge on any atom is 0.191 e. The Morgan fingerprint density at radius 1 is 1.38 bits per heavy atom. The largest absolute Gasteiger partial charge is 0.292 e. The van der Waals surface area contributed by atoms with Crippen molar-refractivity contribution in [1.29, 1.82) is 0 Å². The molecule has 0 spiro atoms. The summed E-state index contributed by atoms with van der Waals surface area (Å²) in [6.07, 6.45) is 0. The van der Waals surface area contributed by atoms with Gasteiger partial charge in [0.25, 0.3) is 0 Å². The van der Waals surface area contributed by atoms with Crippen molar-refractivity contribution in [2.75, 3.05) is 0 Å². The molecule has 1 aromatic rings. The number of alkyl halides is 2. The van der Waals surface area contributed by atoms with E-state index < -0.39 is 9.55 Å². The van der Waals surface area contributed by atoms with Crippen LogP contribution in [0.15, 0.2) is 22.7 Å². The number of ketones is 1. The summed E-state index contributed by atoms with van der Waals surface area (Å²) in [4.78, 5) is 11.4. The molecule has 0 aliphatic carbocycles. The standard InChI is InChI=1S/C8H4Br3FO/c9-4-2-1-3-5(12)6(4)7(13)8(10)11/h1-3,8H. The summed E-state index contributed by atoms with van der Waals surface area (Å²) in [7, 11) is 0. The molecule has 0 aliphatic rings. The van der Waals surface area contributed by atoms with E-state index in [9.17, 15) is 9.18 Å². The third kappa shape index (κ3) is 2.60. The number of hydrogen-bond donors (Lipinski definition) is 0. The van der Waals surface area contributed by atoms with E-state index >= 15 is 0 Å². The van der Waals surface area contributed by atoms with Crippen LogP contribution in [0.2, 0.25) is 0 Å². The Bertz CT molecular complexity index is 318. The van der Waals surface area contributed by atoms with Gasteiger partial charge in [0.2, 0.25) is 0 Å². The van der Waals surface area contributed by atoms with Crippen LogP contribution in [0.5, 0.6) is 0 Å². The van der Waals surface area contributed by atoms with E-state index in [1.165, 1.54) is 12.1 Å². The van der Waals surface area contributed by atoms with Gasteiger partial charge in [-0.3, -0.25) is 4.79 Å². The average Bonchev–Trinajstić information content (AvgIpc) is 2.03. The molecule has 13 heavy (non-hydrogen) atoms. The molecular weight excluding hydrogens is 371 g/mol. The Hall–Kier alpha value is 0.260. The third-order valence-corrected chi connectivity index (χ3v) is 2.90. The monoisotopic (exact) mass is 372 g/mol. The van der Waals surface area contributed by atoms with Crippen LogP contribution in [0.25, 0.3) is 0 Å². The van der Waals surface area contributed by atoms with Gasteiger partial charge in [-0.25, -0.2) is 4.39 Å². The maximum absolute atomic E-state index is 13.2. The molecule has 0 saturated heterocycles. The Balaban J connectivity index is 3.20. The number of carbonyl (C=O) groups is 1. The highest BCUT2D eigenvalue weighted by Gasteiger charge is 2.20. The SMILES string of the molecule is O=C(c1c(F)cccc1Br)C(Br)Br. The molecule has 1 aromatic carbocycles. The van der Waals surface area contributed by atoms with Crippen LogP contribution in [-0.2, 0) is 0 Å². The van der Waals surface area contributed by atoms with E-state index in [-0.39, 0.29) is 11.3 Å². The van der Waals surface area contributed by atoms with Gasteiger partial charge in [0.1, 0.15) is 9.55 Å². The first-order valence-corrected chi connectivity index (χ1v) is 5.93. The van der Waals surface area contributed by atoms with Gasteiger partial charge in [-0.15, -0.1) is 0 Å². The first kappa shape index (κ1) is 11.3. The minimum Gasteiger partial charge on any atom is -0.292 e. The predicted molar refractivity (Wildman–Crippen MR) is 60.1 cm³/mol. The predicted octanol–water partition coefficient (Wildman–Crippen LogP) is 3.89. The number of benzene rings is 1. The van der Waals surface area contributed by atoms with E-state index in [2.05, 4.69) is 47.8 Å². The second kappa shape index (κ2) is 4.66. The zero-order valence-electron chi connectivity index (χ0n) is 6.23. The van der Waals surface area contributed by atoms with E-state index in [4.69, 9.17) is 0 Å². The molecular formula is C8H4Br3FO. The summed E-state index contributed by atoms with van der Waals surface area (Å²) < 4.78 is 13.1. The maximum atomic E-state index is 13.2. The second-order valence-corrected chi connectivity index (χ2v) is 6.18. The zero-order chi connectivity index (χ0) is 10.0. The summed E-state index contributed by atoms with van der Waals surface area (Å²) in [6, 6.07) is 4.41. The Kier molecular flexibility index (Phi) is 4.06. The average molecular weight is 375 g/mol. The lowest BCUT2D eigenvalue weighted by molar-refractivity contribution is 0.101. The molecule has 0 amide bonds. The molecule has 70 valence electrons. The Morgan fingerprint density at radius 2 is 2.00 bits per heavy atom. The number of rotatable bonds is 2. The highest BCUT2D eigenvalue weighted by atomic mass is 79.9. The van der Waals surface area contributed by atoms with Crippen molar-refractivity contribution >= 4 is 53.6 Å². The summed E-state index contributed by atoms with van der Waals surface area (Å²) >= 11 is 9.16.